The van der Waals surface area contributed by atoms with E-state index in [0.29, 0.717) is 0 Å². The minimum atomic E-state index is -4.65. The Morgan fingerprint density at radius 1 is 1.17 bits per heavy atom. The molecule has 0 saturated heterocycles. The second-order valence-corrected chi connectivity index (χ2v) is 7.87. The first-order chi connectivity index (χ1) is 14.0. The summed E-state index contributed by atoms with van der Waals surface area (Å²) in [5, 5.41) is 5.15. The molecule has 0 aliphatic rings. The van der Waals surface area contributed by atoms with E-state index in [0.717, 1.165) is 24.3 Å². The van der Waals surface area contributed by atoms with E-state index in [1.165, 1.54) is 12.1 Å². The Morgan fingerprint density at radius 2 is 1.90 bits per heavy atom. The Morgan fingerprint density at radius 3 is 2.57 bits per heavy atom. The largest absolute Gasteiger partial charge is 0.491 e. The lowest BCUT2D eigenvalue weighted by Crippen LogP contribution is -2.33. The van der Waals surface area contributed by atoms with Gasteiger partial charge in [-0.15, -0.1) is 0 Å². The third kappa shape index (κ3) is 5.11. The molecular weight excluding hydrogens is 449 g/mol. The molecule has 0 saturated carbocycles. The standard InChI is InChI=1S/C18H14ClF3N2O5S/c19-13-3-1-2-11-14(25)9-16(29-17(11)13)12-5-4-10(18(20,21)22)8-15(12)28-7-6-24-30(23,26)27/h1-5,8-9,24H,6-7H2,(H2,23,26,27). The summed E-state index contributed by atoms with van der Waals surface area (Å²) in [5.41, 5.74) is -1.32. The maximum atomic E-state index is 13.1. The van der Waals surface area contributed by atoms with E-state index in [-0.39, 0.29) is 46.2 Å². The zero-order valence-electron chi connectivity index (χ0n) is 15.0. The molecule has 0 atom stereocenters. The van der Waals surface area contributed by atoms with E-state index in [9.17, 15) is 26.4 Å². The first-order valence-electron chi connectivity index (χ1n) is 8.30. The molecule has 3 aromatic rings. The van der Waals surface area contributed by atoms with Crippen LogP contribution in [0.1, 0.15) is 5.56 Å². The molecule has 1 heterocycles. The number of rotatable bonds is 6. The van der Waals surface area contributed by atoms with E-state index < -0.39 is 27.4 Å². The molecule has 1 aromatic heterocycles. The minimum Gasteiger partial charge on any atom is -0.491 e. The van der Waals surface area contributed by atoms with Crippen LogP contribution >= 0.6 is 11.6 Å². The third-order valence-corrected chi connectivity index (χ3v) is 4.85. The predicted molar refractivity (Wildman–Crippen MR) is 105 cm³/mol. The number of fused-ring (bicyclic) bond motifs is 1. The van der Waals surface area contributed by atoms with Crippen molar-refractivity contribution in [2.45, 2.75) is 6.18 Å². The summed E-state index contributed by atoms with van der Waals surface area (Å²) in [4.78, 5) is 12.4. The van der Waals surface area contributed by atoms with Crippen LogP contribution in [-0.4, -0.2) is 21.6 Å². The lowest BCUT2D eigenvalue weighted by molar-refractivity contribution is -0.137. The SMILES string of the molecule is NS(=O)(=O)NCCOc1cc(C(F)(F)F)ccc1-c1cc(=O)c2cccc(Cl)c2o1. The van der Waals surface area contributed by atoms with Crippen molar-refractivity contribution in [1.82, 2.24) is 4.72 Å². The fourth-order valence-electron chi connectivity index (χ4n) is 2.64. The zero-order valence-corrected chi connectivity index (χ0v) is 16.6. The lowest BCUT2D eigenvalue weighted by atomic mass is 10.1. The smallest absolute Gasteiger partial charge is 0.416 e. The highest BCUT2D eigenvalue weighted by Gasteiger charge is 2.31. The van der Waals surface area contributed by atoms with Crippen molar-refractivity contribution in [2.75, 3.05) is 13.2 Å². The highest BCUT2D eigenvalue weighted by atomic mass is 35.5. The predicted octanol–water partition coefficient (Wildman–Crippen LogP) is 3.30. The van der Waals surface area contributed by atoms with Gasteiger partial charge in [0.1, 0.15) is 18.1 Å². The summed E-state index contributed by atoms with van der Waals surface area (Å²) in [6.07, 6.45) is -4.65. The quantitative estimate of drug-likeness (QED) is 0.546. The van der Waals surface area contributed by atoms with Crippen LogP contribution in [0.2, 0.25) is 5.02 Å². The summed E-state index contributed by atoms with van der Waals surface area (Å²) in [7, 11) is -3.99. The summed E-state index contributed by atoms with van der Waals surface area (Å²) in [6, 6.07) is 8.29. The Hall–Kier alpha value is -2.60. The van der Waals surface area contributed by atoms with Gasteiger partial charge in [0.25, 0.3) is 10.2 Å². The summed E-state index contributed by atoms with van der Waals surface area (Å²) in [5.74, 6) is -0.334. The van der Waals surface area contributed by atoms with Crippen LogP contribution in [0.5, 0.6) is 5.75 Å². The molecule has 0 unspecified atom stereocenters. The molecule has 30 heavy (non-hydrogen) atoms. The Kier molecular flexibility index (Phi) is 6.09. The molecule has 3 N–H and O–H groups in total. The summed E-state index contributed by atoms with van der Waals surface area (Å²) >= 11 is 6.07. The average molecular weight is 463 g/mol. The molecule has 0 amide bonds. The van der Waals surface area contributed by atoms with Gasteiger partial charge >= 0.3 is 6.18 Å². The first kappa shape index (κ1) is 22.1. The number of halogens is 4. The van der Waals surface area contributed by atoms with Crippen molar-refractivity contribution in [3.05, 3.63) is 63.3 Å². The van der Waals surface area contributed by atoms with Gasteiger partial charge in [-0.3, -0.25) is 4.79 Å². The lowest BCUT2D eigenvalue weighted by Gasteiger charge is -2.15. The second kappa shape index (κ2) is 8.26. The van der Waals surface area contributed by atoms with E-state index in [1.807, 2.05) is 4.72 Å². The molecule has 12 heteroatoms. The van der Waals surface area contributed by atoms with Gasteiger partial charge in [-0.25, -0.2) is 5.14 Å². The zero-order chi connectivity index (χ0) is 22.1. The van der Waals surface area contributed by atoms with Gasteiger partial charge < -0.3 is 9.15 Å². The van der Waals surface area contributed by atoms with Crippen LogP contribution in [-0.2, 0) is 16.4 Å². The molecule has 0 aliphatic heterocycles. The number of para-hydroxylation sites is 1. The Labute approximate surface area is 173 Å². The maximum absolute atomic E-state index is 13.1. The van der Waals surface area contributed by atoms with Gasteiger partial charge in [0.2, 0.25) is 0 Å². The van der Waals surface area contributed by atoms with Gasteiger partial charge in [0.05, 0.1) is 21.5 Å². The van der Waals surface area contributed by atoms with Crippen molar-refractivity contribution in [3.8, 4) is 17.1 Å². The summed E-state index contributed by atoms with van der Waals surface area (Å²) in [6.45, 7) is -0.620. The topological polar surface area (TPSA) is 112 Å². The van der Waals surface area contributed by atoms with Crippen molar-refractivity contribution in [2.24, 2.45) is 5.14 Å². The normalized spacial score (nSPS) is 12.3. The minimum absolute atomic E-state index is 0.0533. The van der Waals surface area contributed by atoms with Crippen LogP contribution < -0.4 is 20.0 Å². The average Bonchev–Trinajstić information content (AvgIpc) is 2.64. The van der Waals surface area contributed by atoms with E-state index >= 15 is 0 Å². The van der Waals surface area contributed by atoms with Crippen LogP contribution in [0, 0.1) is 0 Å². The molecule has 7 nitrogen and oxygen atoms in total. The van der Waals surface area contributed by atoms with E-state index in [2.05, 4.69) is 0 Å². The number of alkyl halides is 3. The summed E-state index contributed by atoms with van der Waals surface area (Å²) < 4.78 is 74.1. The number of ether oxygens (including phenoxy) is 1. The molecule has 160 valence electrons. The van der Waals surface area contributed by atoms with Crippen molar-refractivity contribution < 1.29 is 30.7 Å². The van der Waals surface area contributed by atoms with Gasteiger partial charge in [-0.05, 0) is 30.3 Å². The molecule has 0 radical (unpaired) electrons. The highest BCUT2D eigenvalue weighted by Crippen LogP contribution is 2.38. The monoisotopic (exact) mass is 462 g/mol. The van der Waals surface area contributed by atoms with Gasteiger partial charge in [-0.2, -0.15) is 26.3 Å². The van der Waals surface area contributed by atoms with Crippen LogP contribution in [0.25, 0.3) is 22.3 Å². The molecule has 0 aliphatic carbocycles. The molecule has 2 aromatic carbocycles. The molecule has 0 spiro atoms. The Balaban J connectivity index is 2.06. The van der Waals surface area contributed by atoms with Crippen LogP contribution in [0.3, 0.4) is 0 Å². The van der Waals surface area contributed by atoms with E-state index in [1.54, 1.807) is 6.07 Å². The van der Waals surface area contributed by atoms with Crippen molar-refractivity contribution in [3.63, 3.8) is 0 Å². The molecule has 0 bridgehead atoms. The van der Waals surface area contributed by atoms with Gasteiger partial charge in [0, 0.05) is 12.6 Å². The maximum Gasteiger partial charge on any atom is 0.416 e. The fourth-order valence-corrected chi connectivity index (χ4v) is 3.22. The van der Waals surface area contributed by atoms with Gasteiger partial charge in [0.15, 0.2) is 11.0 Å². The third-order valence-electron chi connectivity index (χ3n) is 3.94. The van der Waals surface area contributed by atoms with Gasteiger partial charge in [-0.1, -0.05) is 17.7 Å². The molecule has 0 fully saturated rings. The number of hydrogen-bond acceptors (Lipinski definition) is 5. The number of hydrogen-bond donors (Lipinski definition) is 2. The number of nitrogens with two attached hydrogens (primary N) is 1. The molecular formula is C18H14ClF3N2O5S. The second-order valence-electron chi connectivity index (χ2n) is 6.09. The molecule has 3 rings (SSSR count). The van der Waals surface area contributed by atoms with E-state index in [4.69, 9.17) is 25.9 Å². The van der Waals surface area contributed by atoms with Crippen molar-refractivity contribution in [1.29, 1.82) is 0 Å². The number of nitrogens with one attached hydrogen (secondary N) is 1. The first-order valence-corrected chi connectivity index (χ1v) is 10.2. The van der Waals surface area contributed by atoms with Crippen molar-refractivity contribution >= 4 is 32.8 Å². The Bertz CT molecular complexity index is 1260. The van der Waals surface area contributed by atoms with Crippen LogP contribution in [0.15, 0.2) is 51.7 Å². The van der Waals surface area contributed by atoms with Crippen LogP contribution in [0.4, 0.5) is 13.2 Å². The number of benzene rings is 2. The fraction of sp³-hybridized carbons (Fsp3) is 0.167. The highest BCUT2D eigenvalue weighted by molar-refractivity contribution is 7.87.